The van der Waals surface area contributed by atoms with Gasteiger partial charge in [-0.15, -0.1) is 0 Å². The van der Waals surface area contributed by atoms with E-state index in [1.165, 1.54) is 24.1 Å². The molecule has 0 spiro atoms. The van der Waals surface area contributed by atoms with E-state index in [1.807, 2.05) is 38.1 Å². The molecule has 8 heteroatoms. The zero-order valence-corrected chi connectivity index (χ0v) is 21.3. The van der Waals surface area contributed by atoms with Gasteiger partial charge in [0.2, 0.25) is 21.8 Å². The summed E-state index contributed by atoms with van der Waals surface area (Å²) in [6.45, 7) is 5.40. The Morgan fingerprint density at radius 2 is 1.65 bits per heavy atom. The van der Waals surface area contributed by atoms with E-state index in [4.69, 9.17) is 0 Å². The zero-order valence-electron chi connectivity index (χ0n) is 20.5. The predicted octanol–water partition coefficient (Wildman–Crippen LogP) is 3.40. The Morgan fingerprint density at radius 3 is 2.26 bits per heavy atom. The number of rotatable bonds is 9. The van der Waals surface area contributed by atoms with Gasteiger partial charge in [0, 0.05) is 19.6 Å². The van der Waals surface area contributed by atoms with Gasteiger partial charge in [0.05, 0.1) is 11.4 Å². The molecule has 0 aliphatic heterocycles. The highest BCUT2D eigenvalue weighted by atomic mass is 32.2. The molecule has 1 atom stereocenters. The van der Waals surface area contributed by atoms with E-state index < -0.39 is 22.0 Å². The summed E-state index contributed by atoms with van der Waals surface area (Å²) >= 11 is 0. The summed E-state index contributed by atoms with van der Waals surface area (Å²) in [7, 11) is -2.45. The van der Waals surface area contributed by atoms with Gasteiger partial charge in [-0.05, 0) is 56.9 Å². The summed E-state index contributed by atoms with van der Waals surface area (Å²) in [6.07, 6.45) is 4.07. The molecule has 0 bridgehead atoms. The highest BCUT2D eigenvalue weighted by Crippen LogP contribution is 2.20. The van der Waals surface area contributed by atoms with Crippen molar-refractivity contribution in [3.8, 4) is 0 Å². The largest absolute Gasteiger partial charge is 0.352 e. The lowest BCUT2D eigenvalue weighted by Gasteiger charge is -2.31. The monoisotopic (exact) mass is 485 g/mol. The first-order chi connectivity index (χ1) is 16.1. The highest BCUT2D eigenvalue weighted by Gasteiger charge is 2.31. The van der Waals surface area contributed by atoms with Crippen LogP contribution >= 0.6 is 0 Å². The Balaban J connectivity index is 1.80. The van der Waals surface area contributed by atoms with E-state index in [2.05, 4.69) is 5.32 Å². The van der Waals surface area contributed by atoms with Crippen LogP contribution in [0.4, 0.5) is 0 Å². The second-order valence-corrected chi connectivity index (χ2v) is 11.2. The number of hydrogen-bond donors (Lipinski definition) is 1. The van der Waals surface area contributed by atoms with E-state index in [0.29, 0.717) is 0 Å². The molecule has 34 heavy (non-hydrogen) atoms. The Labute approximate surface area is 203 Å². The quantitative estimate of drug-likeness (QED) is 0.590. The van der Waals surface area contributed by atoms with Gasteiger partial charge in [0.1, 0.15) is 6.04 Å². The SMILES string of the molecule is Cc1ccc(S(=O)(=O)N(C)CC(=O)N(Cc2ccccc2C)[C@H](C)C(=O)NC2CCCC2)cc1. The highest BCUT2D eigenvalue weighted by molar-refractivity contribution is 7.89. The molecule has 7 nitrogen and oxygen atoms in total. The van der Waals surface area contributed by atoms with Crippen molar-refractivity contribution >= 4 is 21.8 Å². The lowest BCUT2D eigenvalue weighted by atomic mass is 10.1. The van der Waals surface area contributed by atoms with Gasteiger partial charge in [0.25, 0.3) is 0 Å². The first-order valence-electron chi connectivity index (χ1n) is 11.8. The summed E-state index contributed by atoms with van der Waals surface area (Å²) in [5, 5.41) is 3.06. The maximum atomic E-state index is 13.4. The van der Waals surface area contributed by atoms with Gasteiger partial charge in [-0.25, -0.2) is 8.42 Å². The second-order valence-electron chi connectivity index (χ2n) is 9.19. The Bertz CT molecular complexity index is 1110. The molecule has 2 aromatic carbocycles. The summed E-state index contributed by atoms with van der Waals surface area (Å²) < 4.78 is 27.1. The molecule has 184 valence electrons. The van der Waals surface area contributed by atoms with Gasteiger partial charge < -0.3 is 10.2 Å². The van der Waals surface area contributed by atoms with Crippen LogP contribution in [0.3, 0.4) is 0 Å². The number of nitrogens with one attached hydrogen (secondary N) is 1. The second kappa shape index (κ2) is 11.1. The lowest BCUT2D eigenvalue weighted by molar-refractivity contribution is -0.140. The molecule has 0 heterocycles. The molecule has 1 saturated carbocycles. The van der Waals surface area contributed by atoms with E-state index in [0.717, 1.165) is 46.7 Å². The fraction of sp³-hybridized carbons (Fsp3) is 0.462. The van der Waals surface area contributed by atoms with Crippen LogP contribution in [0, 0.1) is 13.8 Å². The number of amides is 2. The standard InChI is InChI=1S/C26H35N3O4S/c1-19-13-15-24(16-14-19)34(32,33)28(4)18-25(30)29(17-22-10-6-5-9-20(22)2)21(3)26(31)27-23-11-7-8-12-23/h5-6,9-10,13-16,21,23H,7-8,11-12,17-18H2,1-4H3,(H,27,31)/t21-/m1/s1. The maximum absolute atomic E-state index is 13.4. The van der Waals surface area contributed by atoms with Crippen LogP contribution in [0.25, 0.3) is 0 Å². The summed E-state index contributed by atoms with van der Waals surface area (Å²) in [6, 6.07) is 13.6. The zero-order chi connectivity index (χ0) is 24.9. The van der Waals surface area contributed by atoms with Crippen molar-refractivity contribution in [3.05, 3.63) is 65.2 Å². The predicted molar refractivity (Wildman–Crippen MR) is 133 cm³/mol. The third-order valence-electron chi connectivity index (χ3n) is 6.56. The van der Waals surface area contributed by atoms with Crippen molar-refractivity contribution in [2.24, 2.45) is 0 Å². The van der Waals surface area contributed by atoms with Crippen LogP contribution < -0.4 is 5.32 Å². The minimum Gasteiger partial charge on any atom is -0.352 e. The number of hydrogen-bond acceptors (Lipinski definition) is 4. The smallest absolute Gasteiger partial charge is 0.243 e. The molecule has 1 N–H and O–H groups in total. The number of carbonyl (C=O) groups excluding carboxylic acids is 2. The van der Waals surface area contributed by atoms with Gasteiger partial charge in [-0.3, -0.25) is 9.59 Å². The van der Waals surface area contributed by atoms with Gasteiger partial charge in [-0.2, -0.15) is 4.31 Å². The lowest BCUT2D eigenvalue weighted by Crippen LogP contribution is -2.52. The Morgan fingerprint density at radius 1 is 1.03 bits per heavy atom. The van der Waals surface area contributed by atoms with Crippen LogP contribution in [0.5, 0.6) is 0 Å². The van der Waals surface area contributed by atoms with Gasteiger partial charge >= 0.3 is 0 Å². The molecular weight excluding hydrogens is 450 g/mol. The van der Waals surface area contributed by atoms with Crippen molar-refractivity contribution in [3.63, 3.8) is 0 Å². The first-order valence-corrected chi connectivity index (χ1v) is 13.2. The molecular formula is C26H35N3O4S. The minimum atomic E-state index is -3.84. The molecule has 0 aromatic heterocycles. The van der Waals surface area contributed by atoms with Gasteiger partial charge in [-0.1, -0.05) is 54.8 Å². The van der Waals surface area contributed by atoms with E-state index in [9.17, 15) is 18.0 Å². The molecule has 0 unspecified atom stereocenters. The molecule has 0 radical (unpaired) electrons. The van der Waals surface area contributed by atoms with Crippen LogP contribution in [0.15, 0.2) is 53.4 Å². The number of nitrogens with zero attached hydrogens (tertiary/aromatic N) is 2. The third kappa shape index (κ3) is 6.24. The van der Waals surface area contributed by atoms with Crippen molar-refractivity contribution in [2.75, 3.05) is 13.6 Å². The van der Waals surface area contributed by atoms with E-state index in [-0.39, 0.29) is 29.9 Å². The van der Waals surface area contributed by atoms with Crippen LogP contribution in [-0.2, 0) is 26.2 Å². The molecule has 1 fully saturated rings. The first kappa shape index (κ1) is 25.9. The number of likely N-dealkylation sites (N-methyl/N-ethyl adjacent to an activating group) is 1. The van der Waals surface area contributed by atoms with Crippen molar-refractivity contribution in [2.45, 2.75) is 70.0 Å². The Kier molecular flexibility index (Phi) is 8.49. The fourth-order valence-electron chi connectivity index (χ4n) is 4.20. The average Bonchev–Trinajstić information content (AvgIpc) is 3.31. The molecule has 0 saturated heterocycles. The summed E-state index contributed by atoms with van der Waals surface area (Å²) in [4.78, 5) is 28.1. The number of aryl methyl sites for hydroxylation is 2. The molecule has 1 aliphatic rings. The van der Waals surface area contributed by atoms with Crippen molar-refractivity contribution in [1.29, 1.82) is 0 Å². The minimum absolute atomic E-state index is 0.130. The number of benzene rings is 2. The normalized spacial score (nSPS) is 15.3. The molecule has 2 aromatic rings. The summed E-state index contributed by atoms with van der Waals surface area (Å²) in [5.41, 5.74) is 2.87. The molecule has 2 amide bonds. The van der Waals surface area contributed by atoms with Crippen LogP contribution in [0.1, 0.15) is 49.3 Å². The number of sulfonamides is 1. The maximum Gasteiger partial charge on any atom is 0.243 e. The third-order valence-corrected chi connectivity index (χ3v) is 8.38. The topological polar surface area (TPSA) is 86.8 Å². The Hall–Kier alpha value is -2.71. The van der Waals surface area contributed by atoms with Crippen LogP contribution in [0.2, 0.25) is 0 Å². The van der Waals surface area contributed by atoms with Crippen molar-refractivity contribution < 1.29 is 18.0 Å². The molecule has 1 aliphatic carbocycles. The number of carbonyl (C=O) groups is 2. The fourth-order valence-corrected chi connectivity index (χ4v) is 5.32. The summed E-state index contributed by atoms with van der Waals surface area (Å²) in [5.74, 6) is -0.631. The molecule has 3 rings (SSSR count). The van der Waals surface area contributed by atoms with Crippen molar-refractivity contribution in [1.82, 2.24) is 14.5 Å². The average molecular weight is 486 g/mol. The van der Waals surface area contributed by atoms with Crippen LogP contribution in [-0.4, -0.2) is 55.1 Å². The van der Waals surface area contributed by atoms with E-state index in [1.54, 1.807) is 19.1 Å². The van der Waals surface area contributed by atoms with Gasteiger partial charge in [0.15, 0.2) is 0 Å². The van der Waals surface area contributed by atoms with E-state index >= 15 is 0 Å².